The van der Waals surface area contributed by atoms with E-state index < -0.39 is 0 Å². The molecule has 2 atom stereocenters. The molecular weight excluding hydrogens is 440 g/mol. The monoisotopic (exact) mass is 480 g/mol. The lowest BCUT2D eigenvalue weighted by Crippen LogP contribution is -2.51. The highest BCUT2D eigenvalue weighted by Crippen LogP contribution is 2.35. The zero-order valence-electron chi connectivity index (χ0n) is 21.1. The summed E-state index contributed by atoms with van der Waals surface area (Å²) in [5.74, 6) is 0. The van der Waals surface area contributed by atoms with E-state index >= 15 is 0 Å². The van der Waals surface area contributed by atoms with Gasteiger partial charge in [0.15, 0.2) is 0 Å². The number of benzene rings is 2. The summed E-state index contributed by atoms with van der Waals surface area (Å²) in [6.07, 6.45) is 0. The molecular formula is C27H40N6S. The number of anilines is 2. The molecule has 7 heteroatoms. The smallest absolute Gasteiger partial charge is 0.0686 e. The van der Waals surface area contributed by atoms with Crippen molar-refractivity contribution in [3.05, 3.63) is 59.7 Å². The van der Waals surface area contributed by atoms with Crippen LogP contribution in [0.15, 0.2) is 48.5 Å². The highest BCUT2D eigenvalue weighted by molar-refractivity contribution is 7.80. The van der Waals surface area contributed by atoms with Gasteiger partial charge in [0.2, 0.25) is 0 Å². The third kappa shape index (κ3) is 5.78. The molecule has 4 rings (SSSR count). The average molecular weight is 481 g/mol. The topological polar surface area (TPSA) is 37.0 Å². The highest BCUT2D eigenvalue weighted by atomic mass is 32.1. The summed E-state index contributed by atoms with van der Waals surface area (Å²) in [6.45, 7) is 8.05. The molecule has 0 saturated carbocycles. The van der Waals surface area contributed by atoms with Gasteiger partial charge >= 0.3 is 0 Å². The maximum atomic E-state index is 6.45. The molecule has 34 heavy (non-hydrogen) atoms. The minimum atomic E-state index is 0.113. The molecule has 0 amide bonds. The van der Waals surface area contributed by atoms with Crippen LogP contribution in [0.2, 0.25) is 0 Å². The van der Waals surface area contributed by atoms with Gasteiger partial charge in [0, 0.05) is 96.8 Å². The van der Waals surface area contributed by atoms with E-state index in [9.17, 15) is 0 Å². The molecule has 0 bridgehead atoms. The number of hydrogen-bond donors (Lipinski definition) is 2. The Morgan fingerprint density at radius 3 is 1.26 bits per heavy atom. The van der Waals surface area contributed by atoms with E-state index in [1.165, 1.54) is 22.5 Å². The van der Waals surface area contributed by atoms with E-state index in [1.54, 1.807) is 0 Å². The van der Waals surface area contributed by atoms with E-state index in [2.05, 4.69) is 107 Å². The molecule has 0 aliphatic carbocycles. The standard InChI is InChI=1S/C27H40N6S/c1-30(2)23-9-5-21(6-10-23)25(32-17-13-28-14-18-32)27(34)26(33-19-15-29-16-20-33)22-7-11-24(12-8-22)31(3)4/h5-12,25-26,28-29H,13-20H2,1-4H3. The van der Waals surface area contributed by atoms with E-state index in [0.717, 1.165) is 57.2 Å². The Labute approximate surface area is 210 Å². The fourth-order valence-corrected chi connectivity index (χ4v) is 5.62. The van der Waals surface area contributed by atoms with Crippen molar-refractivity contribution in [1.29, 1.82) is 0 Å². The minimum Gasteiger partial charge on any atom is -0.378 e. The number of nitrogens with zero attached hydrogens (tertiary/aromatic N) is 4. The molecule has 0 spiro atoms. The Morgan fingerprint density at radius 2 is 0.971 bits per heavy atom. The van der Waals surface area contributed by atoms with Crippen LogP contribution >= 0.6 is 12.2 Å². The molecule has 2 aliphatic rings. The van der Waals surface area contributed by atoms with Crippen molar-refractivity contribution in [2.24, 2.45) is 0 Å². The number of rotatable bonds is 8. The van der Waals surface area contributed by atoms with Gasteiger partial charge in [0.25, 0.3) is 0 Å². The Balaban J connectivity index is 1.72. The molecule has 2 aromatic rings. The van der Waals surface area contributed by atoms with Gasteiger partial charge < -0.3 is 20.4 Å². The SMILES string of the molecule is CN(C)c1ccc(C(C(=S)C(c2ccc(N(C)C)cc2)N2CCNCC2)N2CCNCC2)cc1. The van der Waals surface area contributed by atoms with Crippen LogP contribution in [0, 0.1) is 0 Å². The summed E-state index contributed by atoms with van der Waals surface area (Å²) in [6, 6.07) is 18.2. The van der Waals surface area contributed by atoms with Crippen molar-refractivity contribution in [1.82, 2.24) is 20.4 Å². The predicted molar refractivity (Wildman–Crippen MR) is 149 cm³/mol. The van der Waals surface area contributed by atoms with Crippen molar-refractivity contribution in [2.75, 3.05) is 90.3 Å². The lowest BCUT2D eigenvalue weighted by atomic mass is 9.91. The van der Waals surface area contributed by atoms with Crippen LogP contribution in [-0.4, -0.2) is 95.2 Å². The second-order valence-corrected chi connectivity index (χ2v) is 10.2. The number of piperazine rings is 2. The number of hydrogen-bond acceptors (Lipinski definition) is 7. The van der Waals surface area contributed by atoms with Gasteiger partial charge in [-0.05, 0) is 35.4 Å². The first-order valence-corrected chi connectivity index (χ1v) is 12.8. The summed E-state index contributed by atoms with van der Waals surface area (Å²) in [5.41, 5.74) is 5.02. The Morgan fingerprint density at radius 1 is 0.647 bits per heavy atom. The van der Waals surface area contributed by atoms with Crippen molar-refractivity contribution in [3.8, 4) is 0 Å². The zero-order chi connectivity index (χ0) is 24.1. The van der Waals surface area contributed by atoms with Gasteiger partial charge in [-0.2, -0.15) is 0 Å². The number of nitrogens with one attached hydrogen (secondary N) is 2. The van der Waals surface area contributed by atoms with E-state index in [1.807, 2.05) is 0 Å². The summed E-state index contributed by atoms with van der Waals surface area (Å²) in [5, 5.41) is 7.02. The lowest BCUT2D eigenvalue weighted by molar-refractivity contribution is 0.187. The molecule has 2 heterocycles. The predicted octanol–water partition coefficient (Wildman–Crippen LogP) is 2.78. The zero-order valence-corrected chi connectivity index (χ0v) is 21.9. The third-order valence-electron chi connectivity index (χ3n) is 7.02. The van der Waals surface area contributed by atoms with Gasteiger partial charge in [-0.3, -0.25) is 9.80 Å². The van der Waals surface area contributed by atoms with Gasteiger partial charge in [-0.1, -0.05) is 36.5 Å². The first kappa shape index (κ1) is 25.1. The maximum Gasteiger partial charge on any atom is 0.0686 e. The van der Waals surface area contributed by atoms with Gasteiger partial charge in [-0.15, -0.1) is 0 Å². The first-order valence-electron chi connectivity index (χ1n) is 12.4. The summed E-state index contributed by atoms with van der Waals surface area (Å²) < 4.78 is 0. The van der Waals surface area contributed by atoms with Crippen molar-refractivity contribution in [2.45, 2.75) is 12.1 Å². The molecule has 2 aliphatic heterocycles. The van der Waals surface area contributed by atoms with Crippen LogP contribution in [0.25, 0.3) is 0 Å². The largest absolute Gasteiger partial charge is 0.378 e. The number of thiocarbonyl (C=S) groups is 1. The van der Waals surface area contributed by atoms with Crippen LogP contribution in [0.5, 0.6) is 0 Å². The molecule has 2 fully saturated rings. The summed E-state index contributed by atoms with van der Waals surface area (Å²) in [7, 11) is 8.35. The fraction of sp³-hybridized carbons (Fsp3) is 0.519. The van der Waals surface area contributed by atoms with E-state index in [4.69, 9.17) is 12.2 Å². The molecule has 0 aromatic heterocycles. The van der Waals surface area contributed by atoms with Crippen molar-refractivity contribution < 1.29 is 0 Å². The molecule has 2 N–H and O–H groups in total. The normalized spacial score (nSPS) is 19.4. The van der Waals surface area contributed by atoms with Gasteiger partial charge in [0.1, 0.15) is 0 Å². The average Bonchev–Trinajstić information content (AvgIpc) is 2.86. The highest BCUT2D eigenvalue weighted by Gasteiger charge is 2.34. The minimum absolute atomic E-state index is 0.113. The molecule has 184 valence electrons. The molecule has 6 nitrogen and oxygen atoms in total. The van der Waals surface area contributed by atoms with Gasteiger partial charge in [0.05, 0.1) is 12.1 Å². The quantitative estimate of drug-likeness (QED) is 0.563. The van der Waals surface area contributed by atoms with Crippen LogP contribution in [0.3, 0.4) is 0 Å². The van der Waals surface area contributed by atoms with Crippen LogP contribution in [0.1, 0.15) is 23.2 Å². The van der Waals surface area contributed by atoms with Gasteiger partial charge in [-0.25, -0.2) is 0 Å². The Bertz CT molecular complexity index is 840. The Hall–Kier alpha value is -2.03. The molecule has 2 unspecified atom stereocenters. The first-order chi connectivity index (χ1) is 16.5. The van der Waals surface area contributed by atoms with E-state index in [-0.39, 0.29) is 12.1 Å². The maximum absolute atomic E-state index is 6.45. The fourth-order valence-electron chi connectivity index (χ4n) is 5.05. The van der Waals surface area contributed by atoms with Crippen LogP contribution < -0.4 is 20.4 Å². The summed E-state index contributed by atoms with van der Waals surface area (Å²) in [4.78, 5) is 10.6. The summed E-state index contributed by atoms with van der Waals surface area (Å²) >= 11 is 6.45. The second kappa shape index (κ2) is 11.6. The third-order valence-corrected chi connectivity index (χ3v) is 7.47. The van der Waals surface area contributed by atoms with Crippen molar-refractivity contribution in [3.63, 3.8) is 0 Å². The second-order valence-electron chi connectivity index (χ2n) is 9.75. The Kier molecular flexibility index (Phi) is 8.55. The van der Waals surface area contributed by atoms with Crippen molar-refractivity contribution >= 4 is 28.5 Å². The molecule has 0 radical (unpaired) electrons. The van der Waals surface area contributed by atoms with Crippen LogP contribution in [0.4, 0.5) is 11.4 Å². The lowest BCUT2D eigenvalue weighted by Gasteiger charge is -2.42. The van der Waals surface area contributed by atoms with E-state index in [0.29, 0.717) is 0 Å². The van der Waals surface area contributed by atoms with Crippen LogP contribution in [-0.2, 0) is 0 Å². The molecule has 2 saturated heterocycles. The molecule has 2 aromatic carbocycles.